The highest BCUT2D eigenvalue weighted by Crippen LogP contribution is 2.38. The Balaban J connectivity index is 1.21. The lowest BCUT2D eigenvalue weighted by Gasteiger charge is -2.40. The van der Waals surface area contributed by atoms with Gasteiger partial charge in [-0.25, -0.2) is 4.98 Å². The quantitative estimate of drug-likeness (QED) is 0.678. The van der Waals surface area contributed by atoms with E-state index in [2.05, 4.69) is 20.5 Å². The van der Waals surface area contributed by atoms with E-state index in [0.717, 1.165) is 49.4 Å². The van der Waals surface area contributed by atoms with Crippen LogP contribution in [0.25, 0.3) is 0 Å². The van der Waals surface area contributed by atoms with E-state index in [1.807, 2.05) is 37.3 Å². The zero-order valence-corrected chi connectivity index (χ0v) is 19.3. The fourth-order valence-electron chi connectivity index (χ4n) is 5.35. The molecule has 0 radical (unpaired) electrons. The summed E-state index contributed by atoms with van der Waals surface area (Å²) >= 11 is 0. The van der Waals surface area contributed by atoms with Gasteiger partial charge >= 0.3 is 0 Å². The highest BCUT2D eigenvalue weighted by molar-refractivity contribution is 5.96. The molecule has 2 saturated heterocycles. The first-order valence-electron chi connectivity index (χ1n) is 12.0. The van der Waals surface area contributed by atoms with Crippen LogP contribution in [0, 0.1) is 12.8 Å². The molecule has 1 aromatic heterocycles. The molecular weight excluding hydrogens is 416 g/mol. The van der Waals surface area contributed by atoms with Gasteiger partial charge in [0.15, 0.2) is 0 Å². The first-order valence-corrected chi connectivity index (χ1v) is 12.0. The molecule has 174 valence electrons. The van der Waals surface area contributed by atoms with Gasteiger partial charge < -0.3 is 20.3 Å². The molecular formula is C26H32N4O3. The van der Waals surface area contributed by atoms with Crippen molar-refractivity contribution in [1.29, 1.82) is 0 Å². The third kappa shape index (κ3) is 4.54. The second-order valence-electron chi connectivity index (χ2n) is 9.63. The Bertz CT molecular complexity index is 1020. The summed E-state index contributed by atoms with van der Waals surface area (Å²) in [5.74, 6) is 2.23. The molecule has 2 aromatic rings. The van der Waals surface area contributed by atoms with E-state index in [4.69, 9.17) is 4.74 Å². The Hall–Kier alpha value is -3.09. The summed E-state index contributed by atoms with van der Waals surface area (Å²) in [6.07, 6.45) is 8.12. The molecule has 7 nitrogen and oxygen atoms in total. The van der Waals surface area contributed by atoms with E-state index >= 15 is 0 Å². The van der Waals surface area contributed by atoms with Gasteiger partial charge in [0.05, 0.1) is 12.7 Å². The van der Waals surface area contributed by atoms with Gasteiger partial charge in [-0.05, 0) is 75.6 Å². The molecule has 3 atom stereocenters. The van der Waals surface area contributed by atoms with Gasteiger partial charge in [0.1, 0.15) is 11.6 Å². The number of pyridine rings is 1. The Kier molecular flexibility index (Phi) is 5.96. The Morgan fingerprint density at radius 1 is 1.06 bits per heavy atom. The molecule has 5 rings (SSSR count). The number of methoxy groups -OCH3 is 1. The SMILES string of the molecule is COc1cccc(C(=O)N[C@H]2C[C@H]3CC[C@@H](C2)N3c2ccc(C(=O)NCC3CC3)cn2)c1C. The molecule has 3 fully saturated rings. The number of carbonyl (C=O) groups is 2. The number of carbonyl (C=O) groups excluding carboxylic acids is 2. The minimum absolute atomic E-state index is 0.0380. The van der Waals surface area contributed by atoms with Crippen LogP contribution < -0.4 is 20.3 Å². The van der Waals surface area contributed by atoms with Crippen LogP contribution in [0.2, 0.25) is 0 Å². The molecule has 0 spiro atoms. The Morgan fingerprint density at radius 2 is 1.82 bits per heavy atom. The Labute approximate surface area is 194 Å². The number of nitrogens with zero attached hydrogens (tertiary/aromatic N) is 2. The highest BCUT2D eigenvalue weighted by Gasteiger charge is 2.42. The third-order valence-electron chi connectivity index (χ3n) is 7.34. The molecule has 0 unspecified atom stereocenters. The molecule has 2 aliphatic heterocycles. The number of amides is 2. The van der Waals surface area contributed by atoms with E-state index in [0.29, 0.717) is 29.1 Å². The van der Waals surface area contributed by atoms with Crippen molar-refractivity contribution >= 4 is 17.6 Å². The summed E-state index contributed by atoms with van der Waals surface area (Å²) in [5, 5.41) is 6.26. The van der Waals surface area contributed by atoms with Gasteiger partial charge in [-0.2, -0.15) is 0 Å². The number of benzene rings is 1. The minimum atomic E-state index is -0.0434. The van der Waals surface area contributed by atoms with Crippen LogP contribution in [-0.2, 0) is 0 Å². The van der Waals surface area contributed by atoms with E-state index in [-0.39, 0.29) is 17.9 Å². The number of hydrogen-bond acceptors (Lipinski definition) is 5. The van der Waals surface area contributed by atoms with E-state index in [1.54, 1.807) is 13.3 Å². The molecule has 1 saturated carbocycles. The van der Waals surface area contributed by atoms with Crippen LogP contribution in [-0.4, -0.2) is 48.6 Å². The van der Waals surface area contributed by atoms with Crippen LogP contribution in [0.3, 0.4) is 0 Å². The van der Waals surface area contributed by atoms with Crippen LogP contribution in [0.5, 0.6) is 5.75 Å². The number of rotatable bonds is 7. The van der Waals surface area contributed by atoms with E-state index in [9.17, 15) is 9.59 Å². The minimum Gasteiger partial charge on any atom is -0.496 e. The molecule has 7 heteroatoms. The summed E-state index contributed by atoms with van der Waals surface area (Å²) in [7, 11) is 1.62. The Morgan fingerprint density at radius 3 is 2.45 bits per heavy atom. The fraction of sp³-hybridized carbons (Fsp3) is 0.500. The highest BCUT2D eigenvalue weighted by atomic mass is 16.5. The van der Waals surface area contributed by atoms with E-state index in [1.165, 1.54) is 12.8 Å². The topological polar surface area (TPSA) is 83.6 Å². The maximum Gasteiger partial charge on any atom is 0.252 e. The normalized spacial score (nSPS) is 23.8. The second kappa shape index (κ2) is 9.04. The van der Waals surface area contributed by atoms with Crippen LogP contribution in [0.15, 0.2) is 36.5 Å². The van der Waals surface area contributed by atoms with Gasteiger partial charge in [-0.3, -0.25) is 9.59 Å². The summed E-state index contributed by atoms with van der Waals surface area (Å²) in [6, 6.07) is 10.3. The number of anilines is 1. The predicted octanol–water partition coefficient (Wildman–Crippen LogP) is 3.47. The predicted molar refractivity (Wildman–Crippen MR) is 127 cm³/mol. The molecule has 1 aromatic carbocycles. The number of ether oxygens (including phenoxy) is 1. The van der Waals surface area contributed by atoms with Crippen LogP contribution in [0.1, 0.15) is 64.8 Å². The average Bonchev–Trinajstić information content (AvgIpc) is 3.61. The average molecular weight is 449 g/mol. The molecule has 1 aliphatic carbocycles. The van der Waals surface area contributed by atoms with Gasteiger partial charge in [0, 0.05) is 42.0 Å². The van der Waals surface area contributed by atoms with Gasteiger partial charge in [-0.15, -0.1) is 0 Å². The summed E-state index contributed by atoms with van der Waals surface area (Å²) in [4.78, 5) is 32.3. The van der Waals surface area contributed by atoms with Crippen molar-refractivity contribution in [2.45, 2.75) is 63.6 Å². The lowest BCUT2D eigenvalue weighted by atomic mass is 9.96. The number of fused-ring (bicyclic) bond motifs is 2. The van der Waals surface area contributed by atoms with Gasteiger partial charge in [-0.1, -0.05) is 6.07 Å². The number of nitrogens with one attached hydrogen (secondary N) is 2. The third-order valence-corrected chi connectivity index (χ3v) is 7.34. The van der Waals surface area contributed by atoms with Crippen LogP contribution >= 0.6 is 0 Å². The number of piperidine rings is 1. The summed E-state index contributed by atoms with van der Waals surface area (Å²) in [6.45, 7) is 2.68. The lowest BCUT2D eigenvalue weighted by molar-refractivity contribution is 0.0923. The van der Waals surface area contributed by atoms with Gasteiger partial charge in [0.2, 0.25) is 0 Å². The number of aromatic nitrogens is 1. The van der Waals surface area contributed by atoms with E-state index < -0.39 is 0 Å². The van der Waals surface area contributed by atoms with Crippen molar-refractivity contribution in [2.24, 2.45) is 5.92 Å². The lowest BCUT2D eigenvalue weighted by Crippen LogP contribution is -2.50. The fourth-order valence-corrected chi connectivity index (χ4v) is 5.35. The number of hydrogen-bond donors (Lipinski definition) is 2. The van der Waals surface area contributed by atoms with Crippen molar-refractivity contribution in [1.82, 2.24) is 15.6 Å². The maximum absolute atomic E-state index is 13.0. The zero-order chi connectivity index (χ0) is 22.9. The largest absolute Gasteiger partial charge is 0.496 e. The molecule has 3 aliphatic rings. The van der Waals surface area contributed by atoms with Crippen LogP contribution in [0.4, 0.5) is 5.82 Å². The smallest absolute Gasteiger partial charge is 0.252 e. The van der Waals surface area contributed by atoms with Crippen molar-refractivity contribution in [3.05, 3.63) is 53.2 Å². The zero-order valence-electron chi connectivity index (χ0n) is 19.3. The van der Waals surface area contributed by atoms with Crippen molar-refractivity contribution in [3.8, 4) is 5.75 Å². The van der Waals surface area contributed by atoms with Crippen molar-refractivity contribution < 1.29 is 14.3 Å². The van der Waals surface area contributed by atoms with Crippen molar-refractivity contribution in [3.63, 3.8) is 0 Å². The summed E-state index contributed by atoms with van der Waals surface area (Å²) in [5.41, 5.74) is 2.15. The maximum atomic E-state index is 13.0. The monoisotopic (exact) mass is 448 g/mol. The first-order chi connectivity index (χ1) is 16.0. The van der Waals surface area contributed by atoms with Crippen molar-refractivity contribution in [2.75, 3.05) is 18.6 Å². The molecule has 2 amide bonds. The van der Waals surface area contributed by atoms with Gasteiger partial charge in [0.25, 0.3) is 11.8 Å². The molecule has 2 N–H and O–H groups in total. The second-order valence-corrected chi connectivity index (χ2v) is 9.63. The standard InChI is InChI=1S/C26H32N4O3/c1-16-22(4-3-5-23(16)33-2)26(32)29-19-12-20-9-10-21(13-19)30(20)24-11-8-18(15-27-24)25(31)28-14-17-6-7-17/h3-5,8,11,15,17,19-21H,6-7,9-10,12-14H2,1-2H3,(H,28,31)(H,29,32)/t19-,20+,21-. The molecule has 3 heterocycles. The summed E-state index contributed by atoms with van der Waals surface area (Å²) < 4.78 is 5.36. The molecule has 2 bridgehead atoms. The first kappa shape index (κ1) is 21.7. The molecule has 33 heavy (non-hydrogen) atoms.